The van der Waals surface area contributed by atoms with E-state index in [0.717, 1.165) is 0 Å². The Balaban J connectivity index is 2.14. The van der Waals surface area contributed by atoms with Gasteiger partial charge in [-0.1, -0.05) is 0 Å². The van der Waals surface area contributed by atoms with Crippen LogP contribution in [0.2, 0.25) is 0 Å². The molecular formula is C12H11BrN2O5. The number of carbonyl (C=O) groups excluding carboxylic acids is 2. The van der Waals surface area contributed by atoms with Gasteiger partial charge in [-0.2, -0.15) is 0 Å². The second kappa shape index (κ2) is 5.91. The SMILES string of the molecule is O=C(O)CCNC(=O)c1cc2c(cc1Br)NC(=O)CO2. The van der Waals surface area contributed by atoms with Gasteiger partial charge in [-0.15, -0.1) is 0 Å². The molecule has 0 fully saturated rings. The lowest BCUT2D eigenvalue weighted by Gasteiger charge is -2.19. The Morgan fingerprint density at radius 1 is 1.45 bits per heavy atom. The van der Waals surface area contributed by atoms with Crippen molar-refractivity contribution in [2.45, 2.75) is 6.42 Å². The van der Waals surface area contributed by atoms with Crippen LogP contribution in [0, 0.1) is 0 Å². The zero-order valence-corrected chi connectivity index (χ0v) is 11.8. The quantitative estimate of drug-likeness (QED) is 0.756. The highest BCUT2D eigenvalue weighted by molar-refractivity contribution is 9.10. The first-order valence-electron chi connectivity index (χ1n) is 5.73. The third-order valence-electron chi connectivity index (χ3n) is 2.57. The number of carbonyl (C=O) groups is 3. The largest absolute Gasteiger partial charge is 0.482 e. The van der Waals surface area contributed by atoms with E-state index in [1.54, 1.807) is 6.07 Å². The molecule has 1 heterocycles. The minimum atomic E-state index is -0.985. The average molecular weight is 343 g/mol. The van der Waals surface area contributed by atoms with Gasteiger partial charge in [-0.3, -0.25) is 14.4 Å². The van der Waals surface area contributed by atoms with Crippen LogP contribution >= 0.6 is 15.9 Å². The summed E-state index contributed by atoms with van der Waals surface area (Å²) in [6.45, 7) is -0.0655. The summed E-state index contributed by atoms with van der Waals surface area (Å²) < 4.78 is 5.70. The summed E-state index contributed by atoms with van der Waals surface area (Å²) in [5.74, 6) is -1.26. The smallest absolute Gasteiger partial charge is 0.305 e. The fraction of sp³-hybridized carbons (Fsp3) is 0.250. The average Bonchev–Trinajstić information content (AvgIpc) is 2.37. The fourth-order valence-corrected chi connectivity index (χ4v) is 2.18. The maximum Gasteiger partial charge on any atom is 0.305 e. The molecule has 1 aromatic carbocycles. The highest BCUT2D eigenvalue weighted by atomic mass is 79.9. The Hall–Kier alpha value is -2.09. The van der Waals surface area contributed by atoms with Crippen LogP contribution in [-0.2, 0) is 9.59 Å². The second-order valence-corrected chi connectivity index (χ2v) is 4.92. The number of amides is 2. The van der Waals surface area contributed by atoms with Crippen LogP contribution in [0.4, 0.5) is 5.69 Å². The minimum Gasteiger partial charge on any atom is -0.482 e. The number of anilines is 1. The van der Waals surface area contributed by atoms with Gasteiger partial charge >= 0.3 is 5.97 Å². The van der Waals surface area contributed by atoms with Crippen LogP contribution in [-0.4, -0.2) is 36.0 Å². The van der Waals surface area contributed by atoms with Gasteiger partial charge in [-0.25, -0.2) is 0 Å². The maximum atomic E-state index is 11.9. The van der Waals surface area contributed by atoms with E-state index in [-0.39, 0.29) is 25.5 Å². The summed E-state index contributed by atoms with van der Waals surface area (Å²) in [5, 5.41) is 13.6. The Morgan fingerprint density at radius 2 is 2.20 bits per heavy atom. The van der Waals surface area contributed by atoms with Crippen molar-refractivity contribution >= 4 is 39.4 Å². The number of aliphatic carboxylic acids is 1. The number of fused-ring (bicyclic) bond motifs is 1. The van der Waals surface area contributed by atoms with Crippen LogP contribution in [0.5, 0.6) is 5.75 Å². The van der Waals surface area contributed by atoms with Crippen molar-refractivity contribution in [3.63, 3.8) is 0 Å². The van der Waals surface area contributed by atoms with Crippen molar-refractivity contribution < 1.29 is 24.2 Å². The highest BCUT2D eigenvalue weighted by Gasteiger charge is 2.20. The molecule has 0 radical (unpaired) electrons. The Bertz CT molecular complexity index is 587. The highest BCUT2D eigenvalue weighted by Crippen LogP contribution is 2.33. The van der Waals surface area contributed by atoms with Crippen molar-refractivity contribution in [3.05, 3.63) is 22.2 Å². The number of carboxylic acids is 1. The van der Waals surface area contributed by atoms with E-state index in [1.165, 1.54) is 6.07 Å². The lowest BCUT2D eigenvalue weighted by molar-refractivity contribution is -0.136. The Labute approximate surface area is 122 Å². The molecule has 1 aromatic rings. The van der Waals surface area contributed by atoms with Crippen LogP contribution in [0.1, 0.15) is 16.8 Å². The van der Waals surface area contributed by atoms with Crippen molar-refractivity contribution in [2.24, 2.45) is 0 Å². The predicted molar refractivity (Wildman–Crippen MR) is 72.9 cm³/mol. The van der Waals surface area contributed by atoms with Gasteiger partial charge in [0.25, 0.3) is 11.8 Å². The molecule has 7 nitrogen and oxygen atoms in total. The standard InChI is InChI=1S/C12H11BrN2O5/c13-7-4-8-9(20-5-10(16)15-8)3-6(7)12(19)14-2-1-11(17)18/h3-4H,1-2,5H2,(H,14,19)(H,15,16)(H,17,18). The molecule has 1 aliphatic heterocycles. The third kappa shape index (κ3) is 3.27. The molecule has 3 N–H and O–H groups in total. The molecule has 106 valence electrons. The van der Waals surface area contributed by atoms with Crippen LogP contribution < -0.4 is 15.4 Å². The summed E-state index contributed by atoms with van der Waals surface area (Å²) in [5.41, 5.74) is 0.792. The Morgan fingerprint density at radius 3 is 2.90 bits per heavy atom. The van der Waals surface area contributed by atoms with Gasteiger partial charge in [0.15, 0.2) is 6.61 Å². The molecular weight excluding hydrogens is 332 g/mol. The number of nitrogens with one attached hydrogen (secondary N) is 2. The van der Waals surface area contributed by atoms with E-state index >= 15 is 0 Å². The van der Waals surface area contributed by atoms with Gasteiger partial charge in [0.1, 0.15) is 5.75 Å². The van der Waals surface area contributed by atoms with E-state index in [4.69, 9.17) is 9.84 Å². The molecule has 2 rings (SSSR count). The van der Waals surface area contributed by atoms with E-state index in [0.29, 0.717) is 21.5 Å². The number of benzene rings is 1. The summed E-state index contributed by atoms with van der Waals surface area (Å²) in [6.07, 6.45) is -0.152. The topological polar surface area (TPSA) is 105 Å². The number of hydrogen-bond acceptors (Lipinski definition) is 4. The summed E-state index contributed by atoms with van der Waals surface area (Å²) in [7, 11) is 0. The molecule has 0 bridgehead atoms. The van der Waals surface area contributed by atoms with Crippen LogP contribution in [0.3, 0.4) is 0 Å². The van der Waals surface area contributed by atoms with Gasteiger partial charge < -0.3 is 20.5 Å². The van der Waals surface area contributed by atoms with Gasteiger partial charge in [-0.05, 0) is 28.1 Å². The number of carboxylic acid groups (broad SMARTS) is 1. The molecule has 0 saturated carbocycles. The van der Waals surface area contributed by atoms with Gasteiger partial charge in [0.05, 0.1) is 17.7 Å². The maximum absolute atomic E-state index is 11.9. The van der Waals surface area contributed by atoms with E-state index in [1.807, 2.05) is 0 Å². The molecule has 8 heteroatoms. The first kappa shape index (κ1) is 14.3. The van der Waals surface area contributed by atoms with Crippen molar-refractivity contribution in [1.82, 2.24) is 5.32 Å². The number of hydrogen-bond donors (Lipinski definition) is 3. The molecule has 20 heavy (non-hydrogen) atoms. The lowest BCUT2D eigenvalue weighted by Crippen LogP contribution is -2.28. The monoisotopic (exact) mass is 342 g/mol. The number of halogens is 1. The molecule has 1 aliphatic rings. The van der Waals surface area contributed by atoms with Crippen LogP contribution in [0.15, 0.2) is 16.6 Å². The molecule has 0 spiro atoms. The number of rotatable bonds is 4. The summed E-state index contributed by atoms with van der Waals surface area (Å²) in [6, 6.07) is 3.06. The second-order valence-electron chi connectivity index (χ2n) is 4.06. The summed E-state index contributed by atoms with van der Waals surface area (Å²) >= 11 is 3.23. The van der Waals surface area contributed by atoms with E-state index < -0.39 is 11.9 Å². The first-order valence-corrected chi connectivity index (χ1v) is 6.53. The molecule has 0 atom stereocenters. The zero-order valence-electron chi connectivity index (χ0n) is 10.2. The first-order chi connectivity index (χ1) is 9.47. The molecule has 2 amide bonds. The normalized spacial score (nSPS) is 12.9. The third-order valence-corrected chi connectivity index (χ3v) is 3.23. The molecule has 0 aromatic heterocycles. The Kier molecular flexibility index (Phi) is 4.23. The molecule has 0 saturated heterocycles. The van der Waals surface area contributed by atoms with E-state index in [9.17, 15) is 14.4 Å². The van der Waals surface area contributed by atoms with Crippen molar-refractivity contribution in [3.8, 4) is 5.75 Å². The predicted octanol–water partition coefficient (Wildman–Crippen LogP) is 0.985. The fourth-order valence-electron chi connectivity index (χ4n) is 1.65. The van der Waals surface area contributed by atoms with Crippen LogP contribution in [0.25, 0.3) is 0 Å². The van der Waals surface area contributed by atoms with Crippen molar-refractivity contribution in [2.75, 3.05) is 18.5 Å². The van der Waals surface area contributed by atoms with E-state index in [2.05, 4.69) is 26.6 Å². The lowest BCUT2D eigenvalue weighted by atomic mass is 10.1. The molecule has 0 aliphatic carbocycles. The molecule has 0 unspecified atom stereocenters. The minimum absolute atomic E-state index is 0.0370. The zero-order chi connectivity index (χ0) is 14.7. The van der Waals surface area contributed by atoms with Crippen molar-refractivity contribution in [1.29, 1.82) is 0 Å². The summed E-state index contributed by atoms with van der Waals surface area (Å²) in [4.78, 5) is 33.5. The number of ether oxygens (including phenoxy) is 1. The van der Waals surface area contributed by atoms with Gasteiger partial charge in [0.2, 0.25) is 0 Å². The van der Waals surface area contributed by atoms with Gasteiger partial charge in [0, 0.05) is 11.0 Å².